The largest absolute Gasteiger partial charge is 0.591 e. The first-order chi connectivity index (χ1) is 14.2. The molecule has 7 nitrogen and oxygen atoms in total. The SMILES string of the molecule is CC(=N[S+]([O-])C(C)(C)C)c1cc(C)cc2c(=O)n(C3CC3)c(N3CCOCC3)nc12. The summed E-state index contributed by atoms with van der Waals surface area (Å²) in [6, 6.07) is 4.11. The highest BCUT2D eigenvalue weighted by Crippen LogP contribution is 2.37. The molecule has 1 unspecified atom stereocenters. The van der Waals surface area contributed by atoms with Gasteiger partial charge in [-0.1, -0.05) is 4.40 Å². The highest BCUT2D eigenvalue weighted by Gasteiger charge is 2.32. The van der Waals surface area contributed by atoms with Crippen LogP contribution in [-0.4, -0.2) is 50.9 Å². The molecule has 1 aliphatic carbocycles. The minimum atomic E-state index is -1.38. The fourth-order valence-corrected chi connectivity index (χ4v) is 4.29. The van der Waals surface area contributed by atoms with E-state index in [0.29, 0.717) is 48.9 Å². The Bertz CT molecular complexity index is 1050. The number of aryl methyl sites for hydroxylation is 1. The van der Waals surface area contributed by atoms with Gasteiger partial charge in [0, 0.05) is 24.7 Å². The van der Waals surface area contributed by atoms with Crippen LogP contribution >= 0.6 is 0 Å². The Hall–Kier alpha value is -1.90. The molecular weight excluding hydrogens is 400 g/mol. The first-order valence-electron chi connectivity index (χ1n) is 10.5. The summed E-state index contributed by atoms with van der Waals surface area (Å²) >= 11 is -1.38. The van der Waals surface area contributed by atoms with Crippen molar-refractivity contribution in [2.24, 2.45) is 4.40 Å². The van der Waals surface area contributed by atoms with Crippen molar-refractivity contribution < 1.29 is 9.29 Å². The molecule has 0 spiro atoms. The van der Waals surface area contributed by atoms with Crippen molar-refractivity contribution in [2.75, 3.05) is 31.2 Å². The maximum Gasteiger partial charge on any atom is 0.263 e. The van der Waals surface area contributed by atoms with Gasteiger partial charge in [-0.05, 0) is 65.2 Å². The number of rotatable bonds is 4. The summed E-state index contributed by atoms with van der Waals surface area (Å²) in [5.74, 6) is 0.716. The third-order valence-electron chi connectivity index (χ3n) is 5.47. The van der Waals surface area contributed by atoms with Gasteiger partial charge < -0.3 is 14.2 Å². The van der Waals surface area contributed by atoms with Crippen molar-refractivity contribution in [3.8, 4) is 0 Å². The smallest absolute Gasteiger partial charge is 0.263 e. The van der Waals surface area contributed by atoms with E-state index in [-0.39, 0.29) is 11.6 Å². The van der Waals surface area contributed by atoms with Crippen molar-refractivity contribution in [3.05, 3.63) is 33.6 Å². The number of benzene rings is 1. The normalized spacial score (nSPS) is 19.4. The molecule has 2 fully saturated rings. The van der Waals surface area contributed by atoms with E-state index in [4.69, 9.17) is 9.72 Å². The second-order valence-corrected chi connectivity index (χ2v) is 11.1. The van der Waals surface area contributed by atoms with Crippen LogP contribution in [0.5, 0.6) is 0 Å². The van der Waals surface area contributed by atoms with E-state index < -0.39 is 16.1 Å². The van der Waals surface area contributed by atoms with Crippen LogP contribution in [0, 0.1) is 6.92 Å². The van der Waals surface area contributed by atoms with E-state index in [0.717, 1.165) is 24.0 Å². The van der Waals surface area contributed by atoms with Gasteiger partial charge >= 0.3 is 0 Å². The highest BCUT2D eigenvalue weighted by atomic mass is 32.2. The van der Waals surface area contributed by atoms with Crippen molar-refractivity contribution in [1.29, 1.82) is 0 Å². The first-order valence-corrected chi connectivity index (χ1v) is 11.6. The van der Waals surface area contributed by atoms with Crippen molar-refractivity contribution in [2.45, 2.75) is 58.2 Å². The summed E-state index contributed by atoms with van der Waals surface area (Å²) < 4.78 is 24.0. The molecule has 1 saturated carbocycles. The second-order valence-electron chi connectivity index (χ2n) is 9.16. The van der Waals surface area contributed by atoms with Gasteiger partial charge in [0.15, 0.2) is 0 Å². The Morgan fingerprint density at radius 1 is 1.27 bits per heavy atom. The topological polar surface area (TPSA) is 82.8 Å². The van der Waals surface area contributed by atoms with Crippen LogP contribution in [0.25, 0.3) is 10.9 Å². The van der Waals surface area contributed by atoms with Gasteiger partial charge in [0.2, 0.25) is 5.95 Å². The van der Waals surface area contributed by atoms with Gasteiger partial charge in [-0.2, -0.15) is 0 Å². The summed E-state index contributed by atoms with van der Waals surface area (Å²) in [4.78, 5) is 20.7. The molecule has 0 bridgehead atoms. The Morgan fingerprint density at radius 2 is 1.93 bits per heavy atom. The first kappa shape index (κ1) is 21.3. The molecule has 1 aromatic heterocycles. The standard InChI is InChI=1S/C22H30N4O3S/c1-14-12-17(15(2)24-30(28)22(3,4)5)19-18(13-14)20(27)26(16-6-7-16)21(23-19)25-8-10-29-11-9-25/h12-13,16H,6-11H2,1-5H3. The van der Waals surface area contributed by atoms with Crippen LogP contribution in [0.2, 0.25) is 0 Å². The number of aromatic nitrogens is 2. The monoisotopic (exact) mass is 430 g/mol. The van der Waals surface area contributed by atoms with Gasteiger partial charge in [0.1, 0.15) is 16.1 Å². The van der Waals surface area contributed by atoms with E-state index in [2.05, 4.69) is 9.30 Å². The van der Waals surface area contributed by atoms with Gasteiger partial charge in [0.05, 0.1) is 29.8 Å². The molecule has 2 heterocycles. The molecular formula is C22H30N4O3S. The number of anilines is 1. The number of morpholine rings is 1. The summed E-state index contributed by atoms with van der Waals surface area (Å²) in [5.41, 5.74) is 3.02. The molecule has 1 saturated heterocycles. The van der Waals surface area contributed by atoms with Crippen LogP contribution in [0.3, 0.4) is 0 Å². The van der Waals surface area contributed by atoms with E-state index in [1.807, 2.05) is 51.3 Å². The summed E-state index contributed by atoms with van der Waals surface area (Å²) in [5, 5.41) is 0.602. The highest BCUT2D eigenvalue weighted by molar-refractivity contribution is 7.91. The van der Waals surface area contributed by atoms with Crippen LogP contribution < -0.4 is 10.5 Å². The van der Waals surface area contributed by atoms with E-state index >= 15 is 0 Å². The summed E-state index contributed by atoms with van der Waals surface area (Å²) in [7, 11) is 0. The zero-order chi connectivity index (χ0) is 21.6. The lowest BCUT2D eigenvalue weighted by Crippen LogP contribution is -2.40. The Morgan fingerprint density at radius 3 is 2.53 bits per heavy atom. The molecule has 1 aromatic carbocycles. The molecule has 2 aliphatic rings. The third kappa shape index (κ3) is 4.13. The average Bonchev–Trinajstić information content (AvgIpc) is 3.52. The fourth-order valence-electron chi connectivity index (χ4n) is 3.67. The van der Waals surface area contributed by atoms with Gasteiger partial charge in [-0.15, -0.1) is 0 Å². The minimum absolute atomic E-state index is 0.00122. The van der Waals surface area contributed by atoms with Crippen LogP contribution in [0.15, 0.2) is 21.3 Å². The number of nitrogens with zero attached hydrogens (tertiary/aromatic N) is 4. The number of ether oxygens (including phenoxy) is 1. The van der Waals surface area contributed by atoms with Crippen molar-refractivity contribution in [3.63, 3.8) is 0 Å². The van der Waals surface area contributed by atoms with Crippen molar-refractivity contribution >= 4 is 33.9 Å². The van der Waals surface area contributed by atoms with Crippen LogP contribution in [0.4, 0.5) is 5.95 Å². The fraction of sp³-hybridized carbons (Fsp3) is 0.591. The Kier molecular flexibility index (Phi) is 5.67. The molecule has 1 atom stereocenters. The minimum Gasteiger partial charge on any atom is -0.591 e. The number of fused-ring (bicyclic) bond motifs is 1. The predicted octanol–water partition coefficient (Wildman–Crippen LogP) is 3.15. The maximum atomic E-state index is 13.5. The zero-order valence-electron chi connectivity index (χ0n) is 18.4. The lowest BCUT2D eigenvalue weighted by atomic mass is 10.0. The number of hydrogen-bond donors (Lipinski definition) is 0. The molecule has 4 rings (SSSR count). The lowest BCUT2D eigenvalue weighted by molar-refractivity contribution is 0.121. The maximum absolute atomic E-state index is 13.5. The summed E-state index contributed by atoms with van der Waals surface area (Å²) in [6.07, 6.45) is 2.02. The Labute approximate surface area is 180 Å². The van der Waals surface area contributed by atoms with E-state index in [1.165, 1.54) is 0 Å². The number of hydrogen-bond acceptors (Lipinski definition) is 6. The molecule has 8 heteroatoms. The third-order valence-corrected chi connectivity index (χ3v) is 6.96. The molecule has 30 heavy (non-hydrogen) atoms. The van der Waals surface area contributed by atoms with Gasteiger partial charge in [-0.25, -0.2) is 4.98 Å². The van der Waals surface area contributed by atoms with Gasteiger partial charge in [0.25, 0.3) is 5.56 Å². The predicted molar refractivity (Wildman–Crippen MR) is 122 cm³/mol. The molecule has 0 N–H and O–H groups in total. The summed E-state index contributed by atoms with van der Waals surface area (Å²) in [6.45, 7) is 12.2. The zero-order valence-corrected chi connectivity index (χ0v) is 19.2. The molecule has 0 radical (unpaired) electrons. The van der Waals surface area contributed by atoms with E-state index in [1.54, 1.807) is 0 Å². The average molecular weight is 431 g/mol. The second kappa shape index (κ2) is 7.98. The van der Waals surface area contributed by atoms with E-state index in [9.17, 15) is 9.35 Å². The van der Waals surface area contributed by atoms with Gasteiger partial charge in [-0.3, -0.25) is 9.36 Å². The molecule has 0 amide bonds. The molecule has 1 aliphatic heterocycles. The molecule has 162 valence electrons. The van der Waals surface area contributed by atoms with Crippen molar-refractivity contribution in [1.82, 2.24) is 9.55 Å². The molecule has 2 aromatic rings. The van der Waals surface area contributed by atoms with Crippen LogP contribution in [0.1, 0.15) is 57.7 Å². The van der Waals surface area contributed by atoms with Crippen LogP contribution in [-0.2, 0) is 16.1 Å². The lowest BCUT2D eigenvalue weighted by Gasteiger charge is -2.30. The Balaban J connectivity index is 1.93. The quantitative estimate of drug-likeness (QED) is 0.550.